The SMILES string of the molecule is CN=C1S[C@@H](CC(=O)Nc2sc3c(c2C(=O)OC)CC[C@@H](C)C3)C(=O)N1C. The second-order valence-corrected chi connectivity index (χ2v) is 9.08. The summed E-state index contributed by atoms with van der Waals surface area (Å²) in [5, 5.41) is 3.48. The van der Waals surface area contributed by atoms with Crippen LogP contribution in [0.1, 0.15) is 40.6 Å². The first-order valence-corrected chi connectivity index (χ1v) is 10.5. The molecule has 2 amide bonds. The number of nitrogens with one attached hydrogen (secondary N) is 1. The minimum Gasteiger partial charge on any atom is -0.465 e. The molecule has 1 N–H and O–H groups in total. The molecule has 27 heavy (non-hydrogen) atoms. The number of carbonyl (C=O) groups is 3. The van der Waals surface area contributed by atoms with Gasteiger partial charge in [0.05, 0.1) is 12.7 Å². The molecule has 0 saturated carbocycles. The van der Waals surface area contributed by atoms with Crippen LogP contribution >= 0.6 is 23.1 Å². The molecule has 146 valence electrons. The average molecular weight is 410 g/mol. The fourth-order valence-electron chi connectivity index (χ4n) is 3.40. The first-order valence-electron chi connectivity index (χ1n) is 8.79. The van der Waals surface area contributed by atoms with Gasteiger partial charge in [0, 0.05) is 25.4 Å². The predicted octanol–water partition coefficient (Wildman–Crippen LogP) is 2.55. The Hall–Kier alpha value is -1.87. The lowest BCUT2D eigenvalue weighted by Gasteiger charge is -2.18. The highest BCUT2D eigenvalue weighted by molar-refractivity contribution is 8.15. The third-order valence-electron chi connectivity index (χ3n) is 4.86. The molecule has 2 atom stereocenters. The minimum absolute atomic E-state index is 0.0342. The molecule has 9 heteroatoms. The number of hydrogen-bond donors (Lipinski definition) is 1. The molecular weight excluding hydrogens is 386 g/mol. The number of thioether (sulfide) groups is 1. The molecule has 1 fully saturated rings. The number of hydrogen-bond acceptors (Lipinski definition) is 7. The number of amidine groups is 1. The molecule has 0 radical (unpaired) electrons. The number of rotatable bonds is 4. The van der Waals surface area contributed by atoms with Crippen LogP contribution in [0.15, 0.2) is 4.99 Å². The summed E-state index contributed by atoms with van der Waals surface area (Å²) in [6, 6.07) is 0. The van der Waals surface area contributed by atoms with Gasteiger partial charge >= 0.3 is 5.97 Å². The van der Waals surface area contributed by atoms with Crippen LogP contribution < -0.4 is 5.32 Å². The number of anilines is 1. The fraction of sp³-hybridized carbons (Fsp3) is 0.556. The number of amides is 2. The van der Waals surface area contributed by atoms with Gasteiger partial charge in [-0.3, -0.25) is 19.5 Å². The van der Waals surface area contributed by atoms with Crippen LogP contribution in [0.5, 0.6) is 0 Å². The Balaban J connectivity index is 1.78. The van der Waals surface area contributed by atoms with Gasteiger partial charge in [-0.25, -0.2) is 4.79 Å². The summed E-state index contributed by atoms with van der Waals surface area (Å²) in [4.78, 5) is 43.8. The van der Waals surface area contributed by atoms with Crippen LogP contribution in [0.2, 0.25) is 0 Å². The first kappa shape index (κ1) is 19.9. The maximum absolute atomic E-state index is 12.6. The van der Waals surface area contributed by atoms with E-state index < -0.39 is 11.2 Å². The van der Waals surface area contributed by atoms with Crippen molar-refractivity contribution in [2.75, 3.05) is 26.5 Å². The van der Waals surface area contributed by atoms with E-state index in [1.165, 1.54) is 35.1 Å². The van der Waals surface area contributed by atoms with Crippen molar-refractivity contribution in [1.82, 2.24) is 4.90 Å². The molecule has 0 aromatic carbocycles. The number of aliphatic imine (C=N–C) groups is 1. The third kappa shape index (κ3) is 3.89. The number of carbonyl (C=O) groups excluding carboxylic acids is 3. The molecule has 0 unspecified atom stereocenters. The summed E-state index contributed by atoms with van der Waals surface area (Å²) in [6.45, 7) is 2.19. The highest BCUT2D eigenvalue weighted by Crippen LogP contribution is 2.40. The zero-order valence-electron chi connectivity index (χ0n) is 15.8. The highest BCUT2D eigenvalue weighted by atomic mass is 32.2. The molecule has 0 spiro atoms. The maximum atomic E-state index is 12.6. The van der Waals surface area contributed by atoms with E-state index in [2.05, 4.69) is 17.2 Å². The summed E-state index contributed by atoms with van der Waals surface area (Å²) in [5.74, 6) is -0.296. The highest BCUT2D eigenvalue weighted by Gasteiger charge is 2.37. The van der Waals surface area contributed by atoms with Gasteiger partial charge in [0.25, 0.3) is 0 Å². The standard InChI is InChI=1S/C18H23N3O4S2/c1-9-5-6-10-11(7-9)26-15(14(10)17(24)25-4)20-13(22)8-12-16(23)21(3)18(19-2)27-12/h9,12H,5-8H2,1-4H3,(H,20,22)/t9-,12+/m1/s1. The van der Waals surface area contributed by atoms with Gasteiger partial charge in [0.2, 0.25) is 11.8 Å². The van der Waals surface area contributed by atoms with Crippen molar-refractivity contribution in [3.8, 4) is 0 Å². The largest absolute Gasteiger partial charge is 0.465 e. The fourth-order valence-corrected chi connectivity index (χ4v) is 5.92. The zero-order chi connectivity index (χ0) is 19.7. The molecule has 1 aromatic rings. The van der Waals surface area contributed by atoms with Crippen molar-refractivity contribution in [3.05, 3.63) is 16.0 Å². The van der Waals surface area contributed by atoms with E-state index in [9.17, 15) is 14.4 Å². The summed E-state index contributed by atoms with van der Waals surface area (Å²) >= 11 is 2.73. The topological polar surface area (TPSA) is 88.1 Å². The molecule has 1 aliphatic carbocycles. The Bertz CT molecular complexity index is 818. The van der Waals surface area contributed by atoms with Crippen LogP contribution in [-0.4, -0.2) is 54.3 Å². The molecule has 0 bridgehead atoms. The Labute approximate surface area is 166 Å². The summed E-state index contributed by atoms with van der Waals surface area (Å²) in [5.41, 5.74) is 1.46. The number of fused-ring (bicyclic) bond motifs is 1. The van der Waals surface area contributed by atoms with Crippen molar-refractivity contribution in [2.45, 2.75) is 37.9 Å². The minimum atomic E-state index is -0.495. The van der Waals surface area contributed by atoms with Gasteiger partial charge in [0.15, 0.2) is 5.17 Å². The van der Waals surface area contributed by atoms with Crippen molar-refractivity contribution >= 4 is 51.1 Å². The van der Waals surface area contributed by atoms with Gasteiger partial charge in [-0.15, -0.1) is 11.3 Å². The van der Waals surface area contributed by atoms with Crippen molar-refractivity contribution in [2.24, 2.45) is 10.9 Å². The Kier molecular flexibility index (Phi) is 5.90. The molecule has 2 heterocycles. The molecule has 1 aromatic heterocycles. The molecule has 3 rings (SSSR count). The number of nitrogens with zero attached hydrogens (tertiary/aromatic N) is 2. The zero-order valence-corrected chi connectivity index (χ0v) is 17.5. The summed E-state index contributed by atoms with van der Waals surface area (Å²) in [6.07, 6.45) is 2.76. The van der Waals surface area contributed by atoms with Gasteiger partial charge < -0.3 is 10.1 Å². The van der Waals surface area contributed by atoms with E-state index in [4.69, 9.17) is 4.74 Å². The monoisotopic (exact) mass is 409 g/mol. The van der Waals surface area contributed by atoms with Crippen LogP contribution in [0.25, 0.3) is 0 Å². The normalized spacial score (nSPS) is 23.5. The van der Waals surface area contributed by atoms with Gasteiger partial charge in [-0.05, 0) is 30.7 Å². The number of methoxy groups -OCH3 is 1. The Morgan fingerprint density at radius 2 is 2.15 bits per heavy atom. The molecule has 1 saturated heterocycles. The smallest absolute Gasteiger partial charge is 0.341 e. The lowest BCUT2D eigenvalue weighted by molar-refractivity contribution is -0.127. The number of esters is 1. The van der Waals surface area contributed by atoms with Crippen LogP contribution in [0.4, 0.5) is 5.00 Å². The van der Waals surface area contributed by atoms with Crippen LogP contribution in [0, 0.1) is 5.92 Å². The van der Waals surface area contributed by atoms with Gasteiger partial charge in [0.1, 0.15) is 10.3 Å². The maximum Gasteiger partial charge on any atom is 0.341 e. The first-order chi connectivity index (χ1) is 12.8. The molecule has 7 nitrogen and oxygen atoms in total. The summed E-state index contributed by atoms with van der Waals surface area (Å²) < 4.78 is 4.94. The number of ether oxygens (including phenoxy) is 1. The Morgan fingerprint density at radius 1 is 1.41 bits per heavy atom. The van der Waals surface area contributed by atoms with Gasteiger partial charge in [-0.2, -0.15) is 0 Å². The van der Waals surface area contributed by atoms with Crippen molar-refractivity contribution < 1.29 is 19.1 Å². The number of thiophene rings is 1. The van der Waals surface area contributed by atoms with E-state index in [1.807, 2.05) is 0 Å². The van der Waals surface area contributed by atoms with E-state index >= 15 is 0 Å². The second-order valence-electron chi connectivity index (χ2n) is 6.81. The quantitative estimate of drug-likeness (QED) is 0.772. The van der Waals surface area contributed by atoms with Gasteiger partial charge in [-0.1, -0.05) is 18.7 Å². The third-order valence-corrected chi connectivity index (χ3v) is 7.35. The second kappa shape index (κ2) is 8.02. The summed E-state index contributed by atoms with van der Waals surface area (Å²) in [7, 11) is 4.62. The van der Waals surface area contributed by atoms with E-state index in [0.717, 1.165) is 29.7 Å². The Morgan fingerprint density at radius 3 is 2.78 bits per heavy atom. The van der Waals surface area contributed by atoms with Crippen LogP contribution in [-0.2, 0) is 27.2 Å². The van der Waals surface area contributed by atoms with E-state index in [-0.39, 0.29) is 18.2 Å². The molecular formula is C18H23N3O4S2. The average Bonchev–Trinajstić information content (AvgIpc) is 3.12. The lowest BCUT2D eigenvalue weighted by atomic mass is 9.88. The molecule has 2 aliphatic rings. The van der Waals surface area contributed by atoms with Crippen molar-refractivity contribution in [3.63, 3.8) is 0 Å². The predicted molar refractivity (Wildman–Crippen MR) is 108 cm³/mol. The van der Waals surface area contributed by atoms with E-state index in [0.29, 0.717) is 21.7 Å². The van der Waals surface area contributed by atoms with E-state index in [1.54, 1.807) is 14.1 Å². The lowest BCUT2D eigenvalue weighted by Crippen LogP contribution is -2.30. The molecule has 1 aliphatic heterocycles. The van der Waals surface area contributed by atoms with Crippen LogP contribution in [0.3, 0.4) is 0 Å². The van der Waals surface area contributed by atoms with Crippen molar-refractivity contribution in [1.29, 1.82) is 0 Å².